The van der Waals surface area contributed by atoms with E-state index in [0.29, 0.717) is 31.5 Å². The molecule has 9 heteroatoms. The molecule has 2 heterocycles. The van der Waals surface area contributed by atoms with Gasteiger partial charge in [0.1, 0.15) is 12.1 Å². The zero-order chi connectivity index (χ0) is 16.9. The van der Waals surface area contributed by atoms with Gasteiger partial charge in [-0.3, -0.25) is 9.36 Å². The zero-order valence-electron chi connectivity index (χ0n) is 12.8. The van der Waals surface area contributed by atoms with E-state index in [1.807, 2.05) is 0 Å². The first-order chi connectivity index (χ1) is 11.6. The van der Waals surface area contributed by atoms with Crippen molar-refractivity contribution >= 4 is 5.91 Å². The van der Waals surface area contributed by atoms with Gasteiger partial charge in [-0.1, -0.05) is 0 Å². The van der Waals surface area contributed by atoms with Crippen molar-refractivity contribution in [2.24, 2.45) is 0 Å². The third-order valence-corrected chi connectivity index (χ3v) is 3.92. The number of hydrogen-bond acceptors (Lipinski definition) is 5. The molecular formula is C15H17F2N5O2. The lowest BCUT2D eigenvalue weighted by molar-refractivity contribution is -0.170. The van der Waals surface area contributed by atoms with Gasteiger partial charge in [-0.15, -0.1) is 0 Å². The summed E-state index contributed by atoms with van der Waals surface area (Å²) in [6, 6.07) is 1.58. The lowest BCUT2D eigenvalue weighted by atomic mass is 9.93. The van der Waals surface area contributed by atoms with Crippen molar-refractivity contribution in [3.8, 4) is 5.82 Å². The number of rotatable bonds is 5. The van der Waals surface area contributed by atoms with Crippen LogP contribution in [0, 0.1) is 0 Å². The van der Waals surface area contributed by atoms with Crippen molar-refractivity contribution in [1.29, 1.82) is 0 Å². The van der Waals surface area contributed by atoms with E-state index in [4.69, 9.17) is 0 Å². The summed E-state index contributed by atoms with van der Waals surface area (Å²) < 4.78 is 30.6. The summed E-state index contributed by atoms with van der Waals surface area (Å²) in [5, 5.41) is 2.85. The van der Waals surface area contributed by atoms with Crippen molar-refractivity contribution in [3.63, 3.8) is 0 Å². The van der Waals surface area contributed by atoms with E-state index in [1.165, 1.54) is 6.20 Å². The zero-order valence-corrected chi connectivity index (χ0v) is 12.8. The average molecular weight is 337 g/mol. The van der Waals surface area contributed by atoms with E-state index < -0.39 is 12.7 Å². The van der Waals surface area contributed by atoms with Gasteiger partial charge < -0.3 is 10.1 Å². The average Bonchev–Trinajstić information content (AvgIpc) is 3.11. The molecule has 1 amide bonds. The maximum absolute atomic E-state index is 12.3. The fourth-order valence-electron chi connectivity index (χ4n) is 2.74. The van der Waals surface area contributed by atoms with Crippen LogP contribution in [-0.4, -0.2) is 44.2 Å². The Kier molecular flexibility index (Phi) is 5.09. The SMILES string of the molecule is O=C(N[C@H]1CC[C@H](OC(F)F)CC1)c1nccc(-n2ccnc2)n1. The van der Waals surface area contributed by atoms with Gasteiger partial charge in [0.25, 0.3) is 5.91 Å². The molecule has 0 atom stereocenters. The highest BCUT2D eigenvalue weighted by Crippen LogP contribution is 2.23. The topological polar surface area (TPSA) is 81.9 Å². The van der Waals surface area contributed by atoms with Gasteiger partial charge in [-0.25, -0.2) is 15.0 Å². The van der Waals surface area contributed by atoms with Crippen LogP contribution in [-0.2, 0) is 4.74 Å². The molecule has 0 bridgehead atoms. The molecule has 1 aliphatic carbocycles. The molecule has 0 radical (unpaired) electrons. The minimum atomic E-state index is -2.75. The molecule has 0 spiro atoms. The van der Waals surface area contributed by atoms with E-state index in [-0.39, 0.29) is 17.8 Å². The summed E-state index contributed by atoms with van der Waals surface area (Å²) in [5.41, 5.74) is 0. The molecule has 0 aromatic carbocycles. The molecule has 0 unspecified atom stereocenters. The second-order valence-electron chi connectivity index (χ2n) is 5.55. The Balaban J connectivity index is 1.57. The molecule has 1 aliphatic rings. The number of amides is 1. The number of halogens is 2. The van der Waals surface area contributed by atoms with E-state index in [2.05, 4.69) is 25.0 Å². The smallest absolute Gasteiger partial charge is 0.345 e. The molecule has 7 nitrogen and oxygen atoms in total. The molecule has 2 aromatic heterocycles. The number of nitrogens with zero attached hydrogens (tertiary/aromatic N) is 4. The maximum Gasteiger partial charge on any atom is 0.345 e. The summed E-state index contributed by atoms with van der Waals surface area (Å²) in [4.78, 5) is 24.4. The van der Waals surface area contributed by atoms with Gasteiger partial charge >= 0.3 is 6.61 Å². The van der Waals surface area contributed by atoms with Gasteiger partial charge in [-0.2, -0.15) is 8.78 Å². The van der Waals surface area contributed by atoms with Crippen LogP contribution in [0.4, 0.5) is 8.78 Å². The first-order valence-corrected chi connectivity index (χ1v) is 7.67. The summed E-state index contributed by atoms with van der Waals surface area (Å²) in [5.74, 6) is 0.226. The Hall–Kier alpha value is -2.42. The molecule has 24 heavy (non-hydrogen) atoms. The molecule has 3 rings (SSSR count). The number of aromatic nitrogens is 4. The molecular weight excluding hydrogens is 320 g/mol. The van der Waals surface area contributed by atoms with Crippen molar-refractivity contribution in [2.75, 3.05) is 0 Å². The summed E-state index contributed by atoms with van der Waals surface area (Å²) in [6.07, 6.45) is 8.12. The number of carbonyl (C=O) groups is 1. The van der Waals surface area contributed by atoms with Crippen LogP contribution in [0.2, 0.25) is 0 Å². The number of nitrogens with one attached hydrogen (secondary N) is 1. The van der Waals surface area contributed by atoms with Crippen LogP contribution in [0.25, 0.3) is 5.82 Å². The van der Waals surface area contributed by atoms with Crippen LogP contribution >= 0.6 is 0 Å². The second-order valence-corrected chi connectivity index (χ2v) is 5.55. The second kappa shape index (κ2) is 7.43. The molecule has 2 aromatic rings. The highest BCUT2D eigenvalue weighted by Gasteiger charge is 2.25. The minimum absolute atomic E-state index is 0.0622. The summed E-state index contributed by atoms with van der Waals surface area (Å²) >= 11 is 0. The Morgan fingerprint density at radius 1 is 1.29 bits per heavy atom. The van der Waals surface area contributed by atoms with Crippen molar-refractivity contribution in [2.45, 2.75) is 44.4 Å². The van der Waals surface area contributed by atoms with Crippen LogP contribution in [0.3, 0.4) is 0 Å². The molecule has 1 N–H and O–H groups in total. The highest BCUT2D eigenvalue weighted by atomic mass is 19.3. The molecule has 1 saturated carbocycles. The molecule has 128 valence electrons. The fourth-order valence-corrected chi connectivity index (χ4v) is 2.74. The summed E-state index contributed by atoms with van der Waals surface area (Å²) in [7, 11) is 0. The summed E-state index contributed by atoms with van der Waals surface area (Å²) in [6.45, 7) is -2.75. The Labute approximate surface area is 137 Å². The van der Waals surface area contributed by atoms with Crippen LogP contribution in [0.5, 0.6) is 0 Å². The number of ether oxygens (including phenoxy) is 1. The quantitative estimate of drug-likeness (QED) is 0.902. The predicted octanol–water partition coefficient (Wildman–Crippen LogP) is 1.94. The number of imidazole rings is 1. The van der Waals surface area contributed by atoms with Gasteiger partial charge in [0.05, 0.1) is 6.10 Å². The highest BCUT2D eigenvalue weighted by molar-refractivity contribution is 5.90. The number of hydrogen-bond donors (Lipinski definition) is 1. The van der Waals surface area contributed by atoms with E-state index in [0.717, 1.165) is 0 Å². The minimum Gasteiger partial charge on any atom is -0.347 e. The van der Waals surface area contributed by atoms with Crippen LogP contribution in [0.15, 0.2) is 31.0 Å². The predicted molar refractivity (Wildman–Crippen MR) is 79.8 cm³/mol. The van der Waals surface area contributed by atoms with E-state index >= 15 is 0 Å². The lowest BCUT2D eigenvalue weighted by Crippen LogP contribution is -2.40. The van der Waals surface area contributed by atoms with Crippen molar-refractivity contribution in [1.82, 2.24) is 24.8 Å². The lowest BCUT2D eigenvalue weighted by Gasteiger charge is -2.28. The fraction of sp³-hybridized carbons (Fsp3) is 0.467. The molecule has 0 aliphatic heterocycles. The monoisotopic (exact) mass is 337 g/mol. The normalized spacial score (nSPS) is 21.0. The first-order valence-electron chi connectivity index (χ1n) is 7.67. The maximum atomic E-state index is 12.3. The number of alkyl halides is 2. The number of carbonyl (C=O) groups excluding carboxylic acids is 1. The third-order valence-electron chi connectivity index (χ3n) is 3.92. The van der Waals surface area contributed by atoms with Gasteiger partial charge in [0.2, 0.25) is 5.82 Å². The molecule has 1 fully saturated rings. The Morgan fingerprint density at radius 3 is 2.75 bits per heavy atom. The Morgan fingerprint density at radius 2 is 2.08 bits per heavy atom. The standard InChI is InChI=1S/C15H17F2N5O2/c16-15(17)24-11-3-1-10(2-4-11)20-14(23)13-19-6-5-12(21-13)22-8-7-18-9-22/h5-11,15H,1-4H2,(H,20,23)/t10-,11-. The van der Waals surface area contributed by atoms with Crippen LogP contribution in [0.1, 0.15) is 36.3 Å². The van der Waals surface area contributed by atoms with Crippen molar-refractivity contribution < 1.29 is 18.3 Å². The van der Waals surface area contributed by atoms with Gasteiger partial charge in [0, 0.05) is 24.6 Å². The molecule has 0 saturated heterocycles. The Bertz CT molecular complexity index is 672. The van der Waals surface area contributed by atoms with Gasteiger partial charge in [0.15, 0.2) is 0 Å². The van der Waals surface area contributed by atoms with E-state index in [9.17, 15) is 13.6 Å². The first kappa shape index (κ1) is 16.4. The third kappa shape index (κ3) is 4.10. The van der Waals surface area contributed by atoms with Crippen LogP contribution < -0.4 is 5.32 Å². The van der Waals surface area contributed by atoms with Gasteiger partial charge in [-0.05, 0) is 31.7 Å². The van der Waals surface area contributed by atoms with Crippen molar-refractivity contribution in [3.05, 3.63) is 36.8 Å². The van der Waals surface area contributed by atoms with E-state index in [1.54, 1.807) is 29.4 Å². The largest absolute Gasteiger partial charge is 0.347 e.